The highest BCUT2D eigenvalue weighted by Gasteiger charge is 2.27. The van der Waals surface area contributed by atoms with Crippen LogP contribution in [0.5, 0.6) is 0 Å². The summed E-state index contributed by atoms with van der Waals surface area (Å²) in [7, 11) is 0. The molecule has 0 aliphatic carbocycles. The minimum absolute atomic E-state index is 0.0101. The number of aryl methyl sites for hydroxylation is 2. The Morgan fingerprint density at radius 2 is 1.65 bits per heavy atom. The van der Waals surface area contributed by atoms with Crippen molar-refractivity contribution in [2.45, 2.75) is 25.8 Å². The van der Waals surface area contributed by atoms with Crippen LogP contribution in [0.4, 0.5) is 0 Å². The van der Waals surface area contributed by atoms with E-state index in [-0.39, 0.29) is 11.8 Å². The molecule has 0 saturated carbocycles. The lowest BCUT2D eigenvalue weighted by atomic mass is 10.1. The molecule has 2 aromatic rings. The summed E-state index contributed by atoms with van der Waals surface area (Å²) in [6, 6.07) is 9.34. The van der Waals surface area contributed by atoms with Crippen LogP contribution in [-0.2, 0) is 13.0 Å². The number of halogens is 1. The molecular formula is C19H21BrN4O2. The SMILES string of the molecule is O=C(c1cccc(Br)c1)N1CCN(C(=O)c2cc3n(n2)CCCC3)CC1. The standard InChI is InChI=1S/C19H21BrN4O2/c20-15-5-3-4-14(12-15)18(25)22-8-10-23(11-9-22)19(26)17-13-16-6-1-2-7-24(16)21-17/h3-5,12-13H,1-2,6-11H2. The molecule has 2 amide bonds. The molecule has 0 unspecified atom stereocenters. The van der Waals surface area contributed by atoms with Crippen LogP contribution in [0.3, 0.4) is 0 Å². The number of rotatable bonds is 2. The number of nitrogens with zero attached hydrogens (tertiary/aromatic N) is 4. The Hall–Kier alpha value is -2.15. The third-order valence-corrected chi connectivity index (χ3v) is 5.55. The van der Waals surface area contributed by atoms with Crippen molar-refractivity contribution in [3.05, 3.63) is 51.8 Å². The number of aromatic nitrogens is 2. The largest absolute Gasteiger partial charge is 0.335 e. The molecule has 7 heteroatoms. The maximum absolute atomic E-state index is 12.7. The number of amides is 2. The van der Waals surface area contributed by atoms with Gasteiger partial charge in [0.2, 0.25) is 0 Å². The van der Waals surface area contributed by atoms with Gasteiger partial charge in [-0.05, 0) is 43.5 Å². The van der Waals surface area contributed by atoms with E-state index in [1.807, 2.05) is 39.9 Å². The van der Waals surface area contributed by atoms with Gasteiger partial charge in [-0.3, -0.25) is 14.3 Å². The zero-order valence-corrected chi connectivity index (χ0v) is 16.1. The Labute approximate surface area is 160 Å². The van der Waals surface area contributed by atoms with E-state index in [0.717, 1.165) is 36.0 Å². The second-order valence-corrected chi connectivity index (χ2v) is 7.71. The molecule has 0 radical (unpaired) electrons. The van der Waals surface area contributed by atoms with Crippen LogP contribution in [0.25, 0.3) is 0 Å². The first-order valence-corrected chi connectivity index (χ1v) is 9.82. The van der Waals surface area contributed by atoms with Crippen molar-refractivity contribution in [2.24, 2.45) is 0 Å². The van der Waals surface area contributed by atoms with Crippen molar-refractivity contribution in [1.82, 2.24) is 19.6 Å². The van der Waals surface area contributed by atoms with Gasteiger partial charge in [-0.2, -0.15) is 5.10 Å². The van der Waals surface area contributed by atoms with E-state index >= 15 is 0 Å². The molecule has 2 aliphatic rings. The molecule has 26 heavy (non-hydrogen) atoms. The summed E-state index contributed by atoms with van der Waals surface area (Å²) in [6.45, 7) is 3.08. The van der Waals surface area contributed by atoms with Gasteiger partial charge in [0.25, 0.3) is 11.8 Å². The number of piperazine rings is 1. The smallest absolute Gasteiger partial charge is 0.274 e. The van der Waals surface area contributed by atoms with Crippen molar-refractivity contribution < 1.29 is 9.59 Å². The average molecular weight is 417 g/mol. The fourth-order valence-electron chi connectivity index (χ4n) is 3.60. The lowest BCUT2D eigenvalue weighted by molar-refractivity contribution is 0.0531. The molecule has 1 saturated heterocycles. The predicted molar refractivity (Wildman–Crippen MR) is 101 cm³/mol. The monoisotopic (exact) mass is 416 g/mol. The van der Waals surface area contributed by atoms with E-state index < -0.39 is 0 Å². The number of hydrogen-bond acceptors (Lipinski definition) is 3. The van der Waals surface area contributed by atoms with E-state index in [2.05, 4.69) is 21.0 Å². The van der Waals surface area contributed by atoms with Gasteiger partial charge < -0.3 is 9.80 Å². The Bertz CT molecular complexity index is 816. The second kappa shape index (κ2) is 7.23. The second-order valence-electron chi connectivity index (χ2n) is 6.80. The minimum atomic E-state index is -0.0264. The highest BCUT2D eigenvalue weighted by atomic mass is 79.9. The molecule has 1 fully saturated rings. The summed E-state index contributed by atoms with van der Waals surface area (Å²) in [5.74, 6) is -0.0164. The van der Waals surface area contributed by atoms with E-state index in [0.29, 0.717) is 37.4 Å². The van der Waals surface area contributed by atoms with Crippen LogP contribution in [-0.4, -0.2) is 57.6 Å². The van der Waals surface area contributed by atoms with Crippen molar-refractivity contribution >= 4 is 27.7 Å². The summed E-state index contributed by atoms with van der Waals surface area (Å²) in [6.07, 6.45) is 3.28. The summed E-state index contributed by atoms with van der Waals surface area (Å²) >= 11 is 3.40. The molecule has 0 spiro atoms. The Kier molecular flexibility index (Phi) is 4.80. The quantitative estimate of drug-likeness (QED) is 0.755. The van der Waals surface area contributed by atoms with Crippen LogP contribution in [0, 0.1) is 0 Å². The van der Waals surface area contributed by atoms with Crippen LogP contribution in [0.2, 0.25) is 0 Å². The molecule has 1 aromatic heterocycles. The van der Waals surface area contributed by atoms with Gasteiger partial charge in [-0.15, -0.1) is 0 Å². The van der Waals surface area contributed by atoms with Crippen LogP contribution in [0.15, 0.2) is 34.8 Å². The third-order valence-electron chi connectivity index (χ3n) is 5.06. The van der Waals surface area contributed by atoms with Crippen molar-refractivity contribution in [2.75, 3.05) is 26.2 Å². The molecule has 2 aliphatic heterocycles. The summed E-state index contributed by atoms with van der Waals surface area (Å²) in [5.41, 5.74) is 2.36. The molecule has 6 nitrogen and oxygen atoms in total. The summed E-state index contributed by atoms with van der Waals surface area (Å²) in [5, 5.41) is 4.48. The predicted octanol–water partition coefficient (Wildman–Crippen LogP) is 2.58. The average Bonchev–Trinajstić information content (AvgIpc) is 3.11. The summed E-state index contributed by atoms with van der Waals surface area (Å²) < 4.78 is 2.85. The summed E-state index contributed by atoms with van der Waals surface area (Å²) in [4.78, 5) is 29.0. The number of carbonyl (C=O) groups excluding carboxylic acids is 2. The first-order chi connectivity index (χ1) is 12.6. The van der Waals surface area contributed by atoms with Crippen LogP contribution < -0.4 is 0 Å². The number of hydrogen-bond donors (Lipinski definition) is 0. The third kappa shape index (κ3) is 3.40. The fourth-order valence-corrected chi connectivity index (χ4v) is 4.00. The van der Waals surface area contributed by atoms with E-state index in [4.69, 9.17) is 0 Å². The molecule has 3 heterocycles. The van der Waals surface area contributed by atoms with Gasteiger partial charge in [0.15, 0.2) is 5.69 Å². The molecule has 0 atom stereocenters. The van der Waals surface area contributed by atoms with Gasteiger partial charge in [0.05, 0.1) is 0 Å². The topological polar surface area (TPSA) is 58.4 Å². The van der Waals surface area contributed by atoms with Gasteiger partial charge in [-0.25, -0.2) is 0 Å². The van der Waals surface area contributed by atoms with Gasteiger partial charge in [-0.1, -0.05) is 22.0 Å². The molecular weight excluding hydrogens is 396 g/mol. The number of benzene rings is 1. The van der Waals surface area contributed by atoms with E-state index in [1.165, 1.54) is 0 Å². The van der Waals surface area contributed by atoms with Gasteiger partial charge in [0, 0.05) is 48.5 Å². The van der Waals surface area contributed by atoms with Gasteiger partial charge >= 0.3 is 0 Å². The Morgan fingerprint density at radius 3 is 2.35 bits per heavy atom. The van der Waals surface area contributed by atoms with E-state index in [1.54, 1.807) is 4.90 Å². The number of carbonyl (C=O) groups is 2. The highest BCUT2D eigenvalue weighted by molar-refractivity contribution is 9.10. The van der Waals surface area contributed by atoms with Crippen molar-refractivity contribution in [3.8, 4) is 0 Å². The lowest BCUT2D eigenvalue weighted by Gasteiger charge is -2.34. The normalized spacial score (nSPS) is 17.1. The van der Waals surface area contributed by atoms with Crippen molar-refractivity contribution in [3.63, 3.8) is 0 Å². The van der Waals surface area contributed by atoms with Crippen LogP contribution >= 0.6 is 15.9 Å². The highest BCUT2D eigenvalue weighted by Crippen LogP contribution is 2.18. The van der Waals surface area contributed by atoms with Gasteiger partial charge in [0.1, 0.15) is 0 Å². The maximum atomic E-state index is 12.7. The molecule has 0 bridgehead atoms. The molecule has 1 aromatic carbocycles. The molecule has 136 valence electrons. The zero-order chi connectivity index (χ0) is 18.1. The van der Waals surface area contributed by atoms with E-state index in [9.17, 15) is 9.59 Å². The lowest BCUT2D eigenvalue weighted by Crippen LogP contribution is -2.50. The number of fused-ring (bicyclic) bond motifs is 1. The van der Waals surface area contributed by atoms with Crippen molar-refractivity contribution in [1.29, 1.82) is 0 Å². The first-order valence-electron chi connectivity index (χ1n) is 9.03. The maximum Gasteiger partial charge on any atom is 0.274 e. The molecule has 0 N–H and O–H groups in total. The first kappa shape index (κ1) is 17.3. The Morgan fingerprint density at radius 1 is 0.923 bits per heavy atom. The molecule has 4 rings (SSSR count). The Balaban J connectivity index is 1.39. The van der Waals surface area contributed by atoms with Crippen LogP contribution in [0.1, 0.15) is 39.4 Å². The zero-order valence-electron chi connectivity index (χ0n) is 14.5. The minimum Gasteiger partial charge on any atom is -0.335 e. The fraction of sp³-hybridized carbons (Fsp3) is 0.421.